The highest BCUT2D eigenvalue weighted by molar-refractivity contribution is 6.34. The molecule has 0 saturated carbocycles. The molecule has 0 unspecified atom stereocenters. The van der Waals surface area contributed by atoms with Crippen molar-refractivity contribution in [1.82, 2.24) is 0 Å². The fourth-order valence-electron chi connectivity index (χ4n) is 10.2. The summed E-state index contributed by atoms with van der Waals surface area (Å²) < 4.78 is 0. The standard InChI is InChI=1S/C45H36/c1-22-10-7-11-23(2)34(22)37-28-16-18-30-38(35-24(3)12-8-13-25(35)4)32-20-21-33-39(36-26(5)14-9-15-27(36)6)31-19-17-29(37)41-40(28)42(30)44(32)45(33)43(31)41/h7-21,37-39H,1-6H3. The summed E-state index contributed by atoms with van der Waals surface area (Å²) in [5, 5.41) is 9.13. The van der Waals surface area contributed by atoms with E-state index in [1.54, 1.807) is 0 Å². The van der Waals surface area contributed by atoms with Crippen LogP contribution in [0.1, 0.15) is 101 Å². The SMILES string of the molecule is Cc1cccc(C)c1C1c2ccc3c4c2c2c1ccc1c2c2c(ccc(c42)C3c2c(C)cccc2C)C1c1c(C)cccc1C. The van der Waals surface area contributed by atoms with E-state index < -0.39 is 0 Å². The molecule has 216 valence electrons. The van der Waals surface area contributed by atoms with Crippen LogP contribution in [0.25, 0.3) is 32.3 Å². The second kappa shape index (κ2) is 8.52. The van der Waals surface area contributed by atoms with Crippen LogP contribution in [0.5, 0.6) is 0 Å². The molecule has 0 aromatic heterocycles. The first kappa shape index (κ1) is 25.6. The molecule has 0 spiro atoms. The molecule has 0 aliphatic heterocycles. The van der Waals surface area contributed by atoms with E-state index in [2.05, 4.69) is 133 Å². The van der Waals surface area contributed by atoms with Gasteiger partial charge in [-0.2, -0.15) is 0 Å². The third kappa shape index (κ3) is 2.95. The van der Waals surface area contributed by atoms with Gasteiger partial charge in [-0.15, -0.1) is 0 Å². The van der Waals surface area contributed by atoms with Gasteiger partial charge in [-0.05, 0) is 157 Å². The topological polar surface area (TPSA) is 0 Å². The Labute approximate surface area is 265 Å². The van der Waals surface area contributed by atoms with Crippen molar-refractivity contribution in [2.24, 2.45) is 0 Å². The van der Waals surface area contributed by atoms with Crippen LogP contribution in [0.3, 0.4) is 0 Å². The van der Waals surface area contributed by atoms with Crippen molar-refractivity contribution in [1.29, 1.82) is 0 Å². The van der Waals surface area contributed by atoms with Crippen molar-refractivity contribution in [3.05, 3.63) is 174 Å². The Morgan fingerprint density at radius 2 is 0.444 bits per heavy atom. The minimum atomic E-state index is 0.256. The largest absolute Gasteiger partial charge is 0.0617 e. The maximum atomic E-state index is 2.51. The van der Waals surface area contributed by atoms with Gasteiger partial charge in [-0.1, -0.05) is 91.0 Å². The quantitative estimate of drug-likeness (QED) is 0.184. The van der Waals surface area contributed by atoms with Gasteiger partial charge in [-0.3, -0.25) is 0 Å². The first-order valence-corrected chi connectivity index (χ1v) is 16.6. The zero-order valence-electron chi connectivity index (χ0n) is 26.9. The number of benzene rings is 7. The van der Waals surface area contributed by atoms with Crippen LogP contribution in [0.15, 0.2) is 91.0 Å². The van der Waals surface area contributed by atoms with Crippen molar-refractivity contribution in [2.45, 2.75) is 59.3 Å². The Balaban J connectivity index is 1.42. The van der Waals surface area contributed by atoms with E-state index >= 15 is 0 Å². The van der Waals surface area contributed by atoms with Crippen LogP contribution in [-0.2, 0) is 0 Å². The maximum Gasteiger partial charge on any atom is 0.0357 e. The molecular weight excluding hydrogens is 540 g/mol. The Morgan fingerprint density at radius 1 is 0.267 bits per heavy atom. The van der Waals surface area contributed by atoms with E-state index in [0.29, 0.717) is 0 Å². The summed E-state index contributed by atoms with van der Waals surface area (Å²) in [6.07, 6.45) is 0. The zero-order chi connectivity index (χ0) is 30.5. The fourth-order valence-corrected chi connectivity index (χ4v) is 10.2. The Kier molecular flexibility index (Phi) is 4.85. The van der Waals surface area contributed by atoms with Crippen LogP contribution in [0, 0.1) is 41.5 Å². The third-order valence-corrected chi connectivity index (χ3v) is 11.9. The molecular formula is C45H36. The highest BCUT2D eigenvalue weighted by Gasteiger charge is 2.42. The first-order chi connectivity index (χ1) is 21.9. The predicted molar refractivity (Wildman–Crippen MR) is 190 cm³/mol. The first-order valence-electron chi connectivity index (χ1n) is 16.6. The molecule has 0 saturated heterocycles. The fraction of sp³-hybridized carbons (Fsp3) is 0.200. The van der Waals surface area contributed by atoms with Gasteiger partial charge in [0.25, 0.3) is 0 Å². The minimum absolute atomic E-state index is 0.256. The summed E-state index contributed by atoms with van der Waals surface area (Å²) in [7, 11) is 0. The zero-order valence-corrected chi connectivity index (χ0v) is 26.9. The van der Waals surface area contributed by atoms with E-state index in [-0.39, 0.29) is 17.8 Å². The average molecular weight is 577 g/mol. The van der Waals surface area contributed by atoms with Crippen LogP contribution in [0.4, 0.5) is 0 Å². The second-order valence-corrected chi connectivity index (χ2v) is 14.2. The summed E-state index contributed by atoms with van der Waals surface area (Å²) in [4.78, 5) is 0. The van der Waals surface area contributed by atoms with E-state index in [9.17, 15) is 0 Å². The molecule has 0 heteroatoms. The lowest BCUT2D eigenvalue weighted by atomic mass is 9.81. The van der Waals surface area contributed by atoms with Gasteiger partial charge in [0, 0.05) is 17.8 Å². The van der Waals surface area contributed by atoms with Gasteiger partial charge in [-0.25, -0.2) is 0 Å². The molecule has 0 radical (unpaired) electrons. The second-order valence-electron chi connectivity index (χ2n) is 14.2. The maximum absolute atomic E-state index is 2.51. The summed E-state index contributed by atoms with van der Waals surface area (Å²) in [5.41, 5.74) is 21.8. The molecule has 0 heterocycles. The number of aryl methyl sites for hydroxylation is 6. The van der Waals surface area contributed by atoms with Crippen molar-refractivity contribution in [2.75, 3.05) is 0 Å². The average Bonchev–Trinajstić information content (AvgIpc) is 3.63. The van der Waals surface area contributed by atoms with E-state index in [1.165, 1.54) is 116 Å². The summed E-state index contributed by atoms with van der Waals surface area (Å²) in [6, 6.07) is 35.5. The molecule has 0 bridgehead atoms. The van der Waals surface area contributed by atoms with Crippen LogP contribution >= 0.6 is 0 Å². The molecule has 10 rings (SSSR count). The third-order valence-electron chi connectivity index (χ3n) is 11.9. The van der Waals surface area contributed by atoms with E-state index in [4.69, 9.17) is 0 Å². The molecule has 7 aromatic rings. The monoisotopic (exact) mass is 576 g/mol. The van der Waals surface area contributed by atoms with E-state index in [0.717, 1.165) is 0 Å². The summed E-state index contributed by atoms with van der Waals surface area (Å²) in [5.74, 6) is 0.768. The summed E-state index contributed by atoms with van der Waals surface area (Å²) >= 11 is 0. The van der Waals surface area contributed by atoms with E-state index in [1.807, 2.05) is 0 Å². The lowest BCUT2D eigenvalue weighted by Gasteiger charge is -2.22. The van der Waals surface area contributed by atoms with Gasteiger partial charge in [0.1, 0.15) is 0 Å². The smallest absolute Gasteiger partial charge is 0.0357 e. The molecule has 3 aliphatic rings. The lowest BCUT2D eigenvalue weighted by molar-refractivity contribution is 0.968. The van der Waals surface area contributed by atoms with Crippen LogP contribution < -0.4 is 0 Å². The van der Waals surface area contributed by atoms with Crippen molar-refractivity contribution in [3.8, 4) is 0 Å². The molecule has 7 aromatic carbocycles. The minimum Gasteiger partial charge on any atom is -0.0617 e. The van der Waals surface area contributed by atoms with Crippen molar-refractivity contribution >= 4 is 32.3 Å². The van der Waals surface area contributed by atoms with Crippen molar-refractivity contribution in [3.63, 3.8) is 0 Å². The molecule has 0 N–H and O–H groups in total. The number of hydrogen-bond acceptors (Lipinski definition) is 0. The van der Waals surface area contributed by atoms with Gasteiger partial charge in [0.2, 0.25) is 0 Å². The molecule has 0 atom stereocenters. The number of rotatable bonds is 3. The van der Waals surface area contributed by atoms with Crippen LogP contribution in [-0.4, -0.2) is 0 Å². The predicted octanol–water partition coefficient (Wildman–Crippen LogP) is 11.5. The highest BCUT2D eigenvalue weighted by atomic mass is 14.4. The molecule has 3 aliphatic carbocycles. The lowest BCUT2D eigenvalue weighted by Crippen LogP contribution is -2.06. The summed E-state index contributed by atoms with van der Waals surface area (Å²) in [6.45, 7) is 13.8. The molecule has 0 amide bonds. The molecule has 45 heavy (non-hydrogen) atoms. The van der Waals surface area contributed by atoms with Crippen LogP contribution in [0.2, 0.25) is 0 Å². The Bertz CT molecular complexity index is 2040. The van der Waals surface area contributed by atoms with Gasteiger partial charge in [0.15, 0.2) is 0 Å². The highest BCUT2D eigenvalue weighted by Crippen LogP contribution is 2.63. The Hall–Kier alpha value is -4.68. The normalized spacial score (nSPS) is 18.7. The Morgan fingerprint density at radius 3 is 0.622 bits per heavy atom. The van der Waals surface area contributed by atoms with Gasteiger partial charge >= 0.3 is 0 Å². The number of hydrogen-bond donors (Lipinski definition) is 0. The molecule has 0 nitrogen and oxygen atoms in total. The van der Waals surface area contributed by atoms with Crippen molar-refractivity contribution < 1.29 is 0 Å². The van der Waals surface area contributed by atoms with Gasteiger partial charge in [0.05, 0.1) is 0 Å². The molecule has 0 fully saturated rings. The van der Waals surface area contributed by atoms with Gasteiger partial charge < -0.3 is 0 Å².